The average Bonchev–Trinajstić information content (AvgIpc) is 3.18. The molecule has 33 heavy (non-hydrogen) atoms. The molecule has 1 amide bonds. The molecule has 0 bridgehead atoms. The molecule has 4 aromatic rings. The van der Waals surface area contributed by atoms with E-state index in [0.29, 0.717) is 20.2 Å². The molecule has 0 fully saturated rings. The van der Waals surface area contributed by atoms with Gasteiger partial charge in [-0.15, -0.1) is 0 Å². The minimum Gasteiger partial charge on any atom is -0.497 e. The zero-order valence-corrected chi connectivity index (χ0v) is 19.5. The first-order chi connectivity index (χ1) is 15.8. The van der Waals surface area contributed by atoms with Crippen molar-refractivity contribution in [2.24, 2.45) is 0 Å². The van der Waals surface area contributed by atoms with Crippen LogP contribution in [0, 0.1) is 6.92 Å². The van der Waals surface area contributed by atoms with E-state index in [1.165, 1.54) is 44.6 Å². The molecule has 0 aliphatic rings. The third kappa shape index (κ3) is 4.10. The molecule has 1 heterocycles. The van der Waals surface area contributed by atoms with Crippen LogP contribution in [-0.4, -0.2) is 28.5 Å². The molecule has 0 N–H and O–H groups in total. The van der Waals surface area contributed by atoms with Gasteiger partial charge < -0.3 is 13.9 Å². The summed E-state index contributed by atoms with van der Waals surface area (Å²) in [5.74, 6) is -0.429. The molecule has 10 heteroatoms. The molecular formula is C23H19NO7S2. The number of methoxy groups -OCH3 is 2. The lowest BCUT2D eigenvalue weighted by molar-refractivity contribution is 0.100. The number of carbonyl (C=O) groups excluding carboxylic acids is 1. The van der Waals surface area contributed by atoms with Gasteiger partial charge in [0.1, 0.15) is 22.0 Å². The van der Waals surface area contributed by atoms with Crippen LogP contribution in [0.1, 0.15) is 15.9 Å². The molecule has 4 rings (SSSR count). The van der Waals surface area contributed by atoms with E-state index in [9.17, 15) is 18.0 Å². The fourth-order valence-corrected chi connectivity index (χ4v) is 5.64. The van der Waals surface area contributed by atoms with Crippen molar-refractivity contribution < 1.29 is 27.1 Å². The number of ether oxygens (including phenoxy) is 2. The van der Waals surface area contributed by atoms with E-state index in [2.05, 4.69) is 0 Å². The van der Waals surface area contributed by atoms with Crippen molar-refractivity contribution in [2.45, 2.75) is 11.8 Å². The Morgan fingerprint density at radius 1 is 1.00 bits per heavy atom. The molecule has 0 unspecified atom stereocenters. The first kappa shape index (κ1) is 22.6. The average molecular weight is 486 g/mol. The predicted molar refractivity (Wildman–Crippen MR) is 125 cm³/mol. The quantitative estimate of drug-likeness (QED) is 0.403. The highest BCUT2D eigenvalue weighted by Crippen LogP contribution is 2.35. The van der Waals surface area contributed by atoms with Crippen molar-refractivity contribution in [3.8, 4) is 11.5 Å². The van der Waals surface area contributed by atoms with Gasteiger partial charge in [-0.05, 0) is 48.9 Å². The molecule has 0 spiro atoms. The van der Waals surface area contributed by atoms with Gasteiger partial charge in [0.2, 0.25) is 0 Å². The molecule has 0 atom stereocenters. The van der Waals surface area contributed by atoms with Crippen molar-refractivity contribution in [2.75, 3.05) is 18.5 Å². The monoisotopic (exact) mass is 485 g/mol. The summed E-state index contributed by atoms with van der Waals surface area (Å²) in [6.45, 7) is 1.72. The molecule has 0 radical (unpaired) electrons. The molecule has 0 saturated carbocycles. The molecule has 0 aliphatic carbocycles. The van der Waals surface area contributed by atoms with Crippen LogP contribution in [0.3, 0.4) is 0 Å². The number of benzene rings is 3. The lowest BCUT2D eigenvalue weighted by Crippen LogP contribution is -2.37. The van der Waals surface area contributed by atoms with E-state index >= 15 is 0 Å². The highest BCUT2D eigenvalue weighted by molar-refractivity contribution is 7.93. The van der Waals surface area contributed by atoms with Crippen LogP contribution in [0.5, 0.6) is 11.5 Å². The van der Waals surface area contributed by atoms with Gasteiger partial charge in [-0.3, -0.25) is 4.79 Å². The summed E-state index contributed by atoms with van der Waals surface area (Å²) in [5, 5.41) is 0. The van der Waals surface area contributed by atoms with Gasteiger partial charge in [0.25, 0.3) is 15.9 Å². The third-order valence-electron chi connectivity index (χ3n) is 5.00. The lowest BCUT2D eigenvalue weighted by Gasteiger charge is -2.24. The largest absolute Gasteiger partial charge is 0.497 e. The number of aryl methyl sites for hydroxylation is 1. The summed E-state index contributed by atoms with van der Waals surface area (Å²) in [5.41, 5.74) is 1.17. The zero-order valence-electron chi connectivity index (χ0n) is 17.9. The van der Waals surface area contributed by atoms with Gasteiger partial charge in [0.15, 0.2) is 0 Å². The first-order valence-electron chi connectivity index (χ1n) is 9.67. The maximum absolute atomic E-state index is 13.9. The highest BCUT2D eigenvalue weighted by Gasteiger charge is 2.35. The minimum absolute atomic E-state index is 0.0485. The van der Waals surface area contributed by atoms with Crippen molar-refractivity contribution in [1.82, 2.24) is 0 Å². The van der Waals surface area contributed by atoms with Crippen LogP contribution in [0.15, 0.2) is 74.8 Å². The number of fused-ring (bicyclic) bond motifs is 1. The fraction of sp³-hybridized carbons (Fsp3) is 0.130. The summed E-state index contributed by atoms with van der Waals surface area (Å²) in [4.78, 5) is 24.6. The van der Waals surface area contributed by atoms with Crippen LogP contribution >= 0.6 is 11.3 Å². The van der Waals surface area contributed by atoms with Crippen LogP contribution in [-0.2, 0) is 10.0 Å². The fourth-order valence-electron chi connectivity index (χ4n) is 3.36. The SMILES string of the molecule is COc1ccc(OC)c(S(=O)(=O)N(C(=O)c2ccccc2C)c2ccc3oc(=O)sc3c2)c1. The minimum atomic E-state index is -4.48. The van der Waals surface area contributed by atoms with Crippen molar-refractivity contribution in [3.05, 3.63) is 81.5 Å². The second-order valence-corrected chi connectivity index (χ2v) is 9.72. The van der Waals surface area contributed by atoms with E-state index in [4.69, 9.17) is 13.9 Å². The number of amides is 1. The topological polar surface area (TPSA) is 103 Å². The van der Waals surface area contributed by atoms with E-state index in [0.717, 1.165) is 11.3 Å². The van der Waals surface area contributed by atoms with E-state index in [1.807, 2.05) is 0 Å². The maximum Gasteiger partial charge on any atom is 0.396 e. The molecule has 1 aromatic heterocycles. The molecule has 3 aromatic carbocycles. The maximum atomic E-state index is 13.9. The van der Waals surface area contributed by atoms with Crippen LogP contribution < -0.4 is 18.7 Å². The summed E-state index contributed by atoms with van der Waals surface area (Å²) in [6, 6.07) is 15.3. The predicted octanol–water partition coefficient (Wildman–Crippen LogP) is 4.22. The van der Waals surface area contributed by atoms with Crippen molar-refractivity contribution >= 4 is 43.2 Å². The van der Waals surface area contributed by atoms with Crippen molar-refractivity contribution in [3.63, 3.8) is 0 Å². The van der Waals surface area contributed by atoms with Gasteiger partial charge in [-0.2, -0.15) is 4.31 Å². The van der Waals surface area contributed by atoms with E-state index in [-0.39, 0.29) is 27.6 Å². The van der Waals surface area contributed by atoms with Gasteiger partial charge in [-0.25, -0.2) is 13.2 Å². The second-order valence-electron chi connectivity index (χ2n) is 6.99. The van der Waals surface area contributed by atoms with Gasteiger partial charge in [0, 0.05) is 11.6 Å². The van der Waals surface area contributed by atoms with Gasteiger partial charge in [0.05, 0.1) is 24.6 Å². The first-order valence-corrected chi connectivity index (χ1v) is 11.9. The molecule has 170 valence electrons. The van der Waals surface area contributed by atoms with Crippen molar-refractivity contribution in [1.29, 1.82) is 0 Å². The number of rotatable bonds is 6. The Hall–Kier alpha value is -3.63. The lowest BCUT2D eigenvalue weighted by atomic mass is 10.1. The molecule has 8 nitrogen and oxygen atoms in total. The standard InChI is InChI=1S/C23H19NO7S2/c1-14-6-4-5-7-17(14)22(25)24(15-8-10-18-20(12-15)32-23(26)31-18)33(27,28)21-13-16(29-2)9-11-19(21)30-3/h4-13H,1-3H3. The summed E-state index contributed by atoms with van der Waals surface area (Å²) in [6.07, 6.45) is 0. The number of anilines is 1. The summed E-state index contributed by atoms with van der Waals surface area (Å²) >= 11 is 0.815. The normalized spacial score (nSPS) is 11.4. The van der Waals surface area contributed by atoms with E-state index in [1.54, 1.807) is 37.3 Å². The molecular weight excluding hydrogens is 466 g/mol. The summed E-state index contributed by atoms with van der Waals surface area (Å²) in [7, 11) is -1.74. The number of hydrogen-bond acceptors (Lipinski definition) is 8. The Balaban J connectivity index is 1.98. The van der Waals surface area contributed by atoms with Gasteiger partial charge in [-0.1, -0.05) is 29.5 Å². The zero-order chi connectivity index (χ0) is 23.8. The number of hydrogen-bond donors (Lipinski definition) is 0. The Morgan fingerprint density at radius 2 is 1.76 bits per heavy atom. The van der Waals surface area contributed by atoms with Crippen LogP contribution in [0.4, 0.5) is 5.69 Å². The number of carbonyl (C=O) groups is 1. The Labute approximate surface area is 193 Å². The number of sulfonamides is 1. The van der Waals surface area contributed by atoms with Crippen LogP contribution in [0.25, 0.3) is 10.3 Å². The second kappa shape index (κ2) is 8.72. The molecule has 0 saturated heterocycles. The number of nitrogens with zero attached hydrogens (tertiary/aromatic N) is 1. The van der Waals surface area contributed by atoms with Crippen LogP contribution in [0.2, 0.25) is 0 Å². The van der Waals surface area contributed by atoms with Gasteiger partial charge >= 0.3 is 4.94 Å². The highest BCUT2D eigenvalue weighted by atomic mass is 32.2. The van der Waals surface area contributed by atoms with E-state index < -0.39 is 20.9 Å². The Kier molecular flexibility index (Phi) is 5.96. The Morgan fingerprint density at radius 3 is 2.45 bits per heavy atom. The Bertz CT molecular complexity index is 1520. The third-order valence-corrected chi connectivity index (χ3v) is 7.52. The smallest absolute Gasteiger partial charge is 0.396 e. The molecule has 0 aliphatic heterocycles. The summed E-state index contributed by atoms with van der Waals surface area (Å²) < 4.78 is 44.5.